The van der Waals surface area contributed by atoms with Crippen molar-refractivity contribution >= 4 is 18.3 Å². The van der Waals surface area contributed by atoms with E-state index in [0.29, 0.717) is 0 Å². The van der Waals surface area contributed by atoms with E-state index in [1.807, 2.05) is 31.2 Å². The highest BCUT2D eigenvalue weighted by Gasteiger charge is 2.40. The number of nitrogens with two attached hydrogens (primary N) is 1. The minimum Gasteiger partial charge on any atom is -0.369 e. The Bertz CT molecular complexity index is 400. The van der Waals surface area contributed by atoms with E-state index in [2.05, 4.69) is 5.32 Å². The van der Waals surface area contributed by atoms with Crippen LogP contribution in [0, 0.1) is 6.92 Å². The van der Waals surface area contributed by atoms with E-state index in [1.54, 1.807) is 0 Å². The molecular weight excluding hydrogens is 236 g/mol. The SMILES string of the molecule is Cc1ccccc1C1(C(N)=O)CCNCC1.Cl. The van der Waals surface area contributed by atoms with Crippen LogP contribution < -0.4 is 11.1 Å². The van der Waals surface area contributed by atoms with Crippen molar-refractivity contribution < 1.29 is 4.79 Å². The van der Waals surface area contributed by atoms with Gasteiger partial charge < -0.3 is 11.1 Å². The number of carbonyl (C=O) groups excluding carboxylic acids is 1. The molecule has 0 saturated carbocycles. The highest BCUT2D eigenvalue weighted by atomic mass is 35.5. The monoisotopic (exact) mass is 254 g/mol. The van der Waals surface area contributed by atoms with Gasteiger partial charge in [0.2, 0.25) is 5.91 Å². The molecular formula is C13H19ClN2O. The van der Waals surface area contributed by atoms with Crippen molar-refractivity contribution in [3.63, 3.8) is 0 Å². The van der Waals surface area contributed by atoms with Crippen molar-refractivity contribution in [3.05, 3.63) is 35.4 Å². The summed E-state index contributed by atoms with van der Waals surface area (Å²) >= 11 is 0. The molecule has 0 aliphatic carbocycles. The predicted molar refractivity (Wildman–Crippen MR) is 71.4 cm³/mol. The third-order valence-corrected chi connectivity index (χ3v) is 3.59. The molecule has 2 rings (SSSR count). The number of carbonyl (C=O) groups is 1. The minimum atomic E-state index is -0.462. The Morgan fingerprint density at radius 1 is 1.29 bits per heavy atom. The van der Waals surface area contributed by atoms with Crippen LogP contribution in [0.4, 0.5) is 0 Å². The number of primary amides is 1. The first kappa shape index (κ1) is 14.0. The van der Waals surface area contributed by atoms with Gasteiger partial charge in [0.25, 0.3) is 0 Å². The Balaban J connectivity index is 0.00000144. The van der Waals surface area contributed by atoms with Crippen LogP contribution in [0.15, 0.2) is 24.3 Å². The van der Waals surface area contributed by atoms with Crippen LogP contribution in [0.2, 0.25) is 0 Å². The molecule has 0 radical (unpaired) electrons. The predicted octanol–water partition coefficient (Wildman–Crippen LogP) is 1.52. The van der Waals surface area contributed by atoms with E-state index in [0.717, 1.165) is 37.1 Å². The number of amides is 1. The van der Waals surface area contributed by atoms with Crippen molar-refractivity contribution in [3.8, 4) is 0 Å². The van der Waals surface area contributed by atoms with Gasteiger partial charge in [-0.25, -0.2) is 0 Å². The van der Waals surface area contributed by atoms with Gasteiger partial charge in [-0.15, -0.1) is 12.4 Å². The van der Waals surface area contributed by atoms with Crippen molar-refractivity contribution in [1.82, 2.24) is 5.32 Å². The zero-order valence-electron chi connectivity index (χ0n) is 10.0. The molecule has 0 unspecified atom stereocenters. The molecule has 4 heteroatoms. The first-order valence-electron chi connectivity index (χ1n) is 5.73. The molecule has 0 atom stereocenters. The van der Waals surface area contributed by atoms with E-state index in [-0.39, 0.29) is 18.3 Å². The molecule has 0 bridgehead atoms. The molecule has 3 nitrogen and oxygen atoms in total. The zero-order valence-corrected chi connectivity index (χ0v) is 10.8. The third-order valence-electron chi connectivity index (χ3n) is 3.59. The third kappa shape index (κ3) is 2.45. The fourth-order valence-corrected chi connectivity index (χ4v) is 2.61. The Morgan fingerprint density at radius 3 is 2.41 bits per heavy atom. The number of hydrogen-bond acceptors (Lipinski definition) is 2. The maximum absolute atomic E-state index is 11.8. The zero-order chi connectivity index (χ0) is 11.6. The summed E-state index contributed by atoms with van der Waals surface area (Å²) < 4.78 is 0. The first-order valence-corrected chi connectivity index (χ1v) is 5.73. The summed E-state index contributed by atoms with van der Waals surface area (Å²) in [5, 5.41) is 3.28. The highest BCUT2D eigenvalue weighted by molar-refractivity contribution is 5.87. The number of benzene rings is 1. The summed E-state index contributed by atoms with van der Waals surface area (Å²) in [5.74, 6) is -0.191. The van der Waals surface area contributed by atoms with Gasteiger partial charge in [0.05, 0.1) is 5.41 Å². The lowest BCUT2D eigenvalue weighted by molar-refractivity contribution is -0.124. The second kappa shape index (κ2) is 5.52. The van der Waals surface area contributed by atoms with Crippen LogP contribution in [0.5, 0.6) is 0 Å². The number of halogens is 1. The van der Waals surface area contributed by atoms with Gasteiger partial charge in [-0.3, -0.25) is 4.79 Å². The van der Waals surface area contributed by atoms with Gasteiger partial charge >= 0.3 is 0 Å². The lowest BCUT2D eigenvalue weighted by Crippen LogP contribution is -2.49. The Kier molecular flexibility index (Phi) is 4.54. The molecule has 1 aliphatic rings. The first-order chi connectivity index (χ1) is 7.67. The van der Waals surface area contributed by atoms with E-state index in [1.165, 1.54) is 0 Å². The van der Waals surface area contributed by atoms with Crippen molar-refractivity contribution in [2.24, 2.45) is 5.73 Å². The van der Waals surface area contributed by atoms with Crippen LogP contribution in [-0.2, 0) is 10.2 Å². The summed E-state index contributed by atoms with van der Waals surface area (Å²) in [5.41, 5.74) is 7.43. The Morgan fingerprint density at radius 2 is 1.88 bits per heavy atom. The van der Waals surface area contributed by atoms with E-state index in [4.69, 9.17) is 5.73 Å². The normalized spacial score (nSPS) is 18.2. The molecule has 1 aromatic rings. The van der Waals surface area contributed by atoms with Gasteiger partial charge in [0.15, 0.2) is 0 Å². The molecule has 1 saturated heterocycles. The Labute approximate surface area is 108 Å². The van der Waals surface area contributed by atoms with Gasteiger partial charge in [0, 0.05) is 0 Å². The summed E-state index contributed by atoms with van der Waals surface area (Å²) in [6, 6.07) is 8.05. The number of rotatable bonds is 2. The van der Waals surface area contributed by atoms with Crippen molar-refractivity contribution in [2.75, 3.05) is 13.1 Å². The average Bonchev–Trinajstić information content (AvgIpc) is 2.30. The quantitative estimate of drug-likeness (QED) is 0.841. The highest BCUT2D eigenvalue weighted by Crippen LogP contribution is 2.34. The molecule has 1 aromatic carbocycles. The maximum Gasteiger partial charge on any atom is 0.228 e. The largest absolute Gasteiger partial charge is 0.369 e. The van der Waals surface area contributed by atoms with Crippen molar-refractivity contribution in [1.29, 1.82) is 0 Å². The minimum absolute atomic E-state index is 0. The molecule has 1 heterocycles. The van der Waals surface area contributed by atoms with Crippen LogP contribution in [0.1, 0.15) is 24.0 Å². The van der Waals surface area contributed by atoms with E-state index in [9.17, 15) is 4.79 Å². The van der Waals surface area contributed by atoms with Gasteiger partial charge in [-0.1, -0.05) is 24.3 Å². The molecule has 1 amide bonds. The summed E-state index contributed by atoms with van der Waals surface area (Å²) in [7, 11) is 0. The van der Waals surface area contributed by atoms with Gasteiger partial charge in [-0.05, 0) is 44.0 Å². The second-order valence-corrected chi connectivity index (χ2v) is 4.51. The molecule has 17 heavy (non-hydrogen) atoms. The number of nitrogens with one attached hydrogen (secondary N) is 1. The number of hydrogen-bond donors (Lipinski definition) is 2. The molecule has 0 spiro atoms. The van der Waals surface area contributed by atoms with Crippen molar-refractivity contribution in [2.45, 2.75) is 25.2 Å². The maximum atomic E-state index is 11.8. The number of piperidine rings is 1. The fraction of sp³-hybridized carbons (Fsp3) is 0.462. The molecule has 1 fully saturated rings. The van der Waals surface area contributed by atoms with Crippen LogP contribution in [0.3, 0.4) is 0 Å². The van der Waals surface area contributed by atoms with Crippen LogP contribution in [0.25, 0.3) is 0 Å². The molecule has 94 valence electrons. The van der Waals surface area contributed by atoms with E-state index >= 15 is 0 Å². The van der Waals surface area contributed by atoms with Crippen LogP contribution >= 0.6 is 12.4 Å². The average molecular weight is 255 g/mol. The van der Waals surface area contributed by atoms with Gasteiger partial charge in [0.1, 0.15) is 0 Å². The number of aryl methyl sites for hydroxylation is 1. The van der Waals surface area contributed by atoms with Crippen LogP contribution in [-0.4, -0.2) is 19.0 Å². The fourth-order valence-electron chi connectivity index (χ4n) is 2.61. The molecule has 3 N–H and O–H groups in total. The second-order valence-electron chi connectivity index (χ2n) is 4.51. The Hall–Kier alpha value is -1.06. The summed E-state index contributed by atoms with van der Waals surface area (Å²) in [4.78, 5) is 11.8. The molecule has 0 aromatic heterocycles. The topological polar surface area (TPSA) is 55.1 Å². The summed E-state index contributed by atoms with van der Waals surface area (Å²) in [6.07, 6.45) is 1.60. The summed E-state index contributed by atoms with van der Waals surface area (Å²) in [6.45, 7) is 3.76. The van der Waals surface area contributed by atoms with Gasteiger partial charge in [-0.2, -0.15) is 0 Å². The lowest BCUT2D eigenvalue weighted by Gasteiger charge is -2.36. The standard InChI is InChI=1S/C13H18N2O.ClH/c1-10-4-2-3-5-11(10)13(12(14)16)6-8-15-9-7-13;/h2-5,15H,6-9H2,1H3,(H2,14,16);1H. The van der Waals surface area contributed by atoms with E-state index < -0.39 is 5.41 Å². The smallest absolute Gasteiger partial charge is 0.228 e. The molecule has 1 aliphatic heterocycles. The lowest BCUT2D eigenvalue weighted by atomic mass is 9.71.